The second-order valence-corrected chi connectivity index (χ2v) is 7.13. The fraction of sp³-hybridized carbons (Fsp3) is 0.684. The molecule has 0 saturated heterocycles. The van der Waals surface area contributed by atoms with Crippen molar-refractivity contribution in [1.29, 1.82) is 0 Å². The third-order valence-corrected chi connectivity index (χ3v) is 4.79. The van der Waals surface area contributed by atoms with Crippen LogP contribution in [0.4, 0.5) is 4.39 Å². The Hall–Kier alpha value is -0.890. The van der Waals surface area contributed by atoms with Crippen LogP contribution in [0.3, 0.4) is 0 Å². The molecule has 3 unspecified atom stereocenters. The summed E-state index contributed by atoms with van der Waals surface area (Å²) in [6.07, 6.45) is 4.81. The van der Waals surface area contributed by atoms with Crippen LogP contribution in [0.5, 0.6) is 0 Å². The second kappa shape index (κ2) is 7.40. The van der Waals surface area contributed by atoms with Crippen LogP contribution in [-0.4, -0.2) is 6.54 Å². The molecule has 1 aliphatic rings. The average Bonchev–Trinajstić information content (AvgIpc) is 2.40. The van der Waals surface area contributed by atoms with Crippen molar-refractivity contribution in [3.05, 3.63) is 35.1 Å². The van der Waals surface area contributed by atoms with Crippen molar-refractivity contribution in [3.63, 3.8) is 0 Å². The smallest absolute Gasteiger partial charge is 0.128 e. The SMILES string of the molecule is CCCNC(c1ccc(C)cc1F)C1CC(C)CC(C)C1. The summed E-state index contributed by atoms with van der Waals surface area (Å²) in [6.45, 7) is 9.75. The van der Waals surface area contributed by atoms with Crippen molar-refractivity contribution < 1.29 is 4.39 Å². The summed E-state index contributed by atoms with van der Waals surface area (Å²) in [7, 11) is 0. The van der Waals surface area contributed by atoms with E-state index in [-0.39, 0.29) is 11.9 Å². The highest BCUT2D eigenvalue weighted by Crippen LogP contribution is 2.40. The van der Waals surface area contributed by atoms with Gasteiger partial charge in [0.2, 0.25) is 0 Å². The average molecular weight is 291 g/mol. The minimum absolute atomic E-state index is 0.0468. The van der Waals surface area contributed by atoms with Gasteiger partial charge in [0.15, 0.2) is 0 Å². The fourth-order valence-corrected chi connectivity index (χ4v) is 4.00. The minimum atomic E-state index is -0.0468. The summed E-state index contributed by atoms with van der Waals surface area (Å²) in [5.41, 5.74) is 1.86. The summed E-state index contributed by atoms with van der Waals surface area (Å²) in [4.78, 5) is 0. The Morgan fingerprint density at radius 1 is 1.19 bits per heavy atom. The maximum Gasteiger partial charge on any atom is 0.128 e. The maximum absolute atomic E-state index is 14.4. The first-order chi connectivity index (χ1) is 10.0. The third kappa shape index (κ3) is 4.29. The molecule has 21 heavy (non-hydrogen) atoms. The molecule has 1 saturated carbocycles. The lowest BCUT2D eigenvalue weighted by atomic mass is 9.72. The van der Waals surface area contributed by atoms with Crippen molar-refractivity contribution in [2.75, 3.05) is 6.54 Å². The lowest BCUT2D eigenvalue weighted by molar-refractivity contribution is 0.174. The predicted octanol–water partition coefficient (Wildman–Crippen LogP) is 5.25. The van der Waals surface area contributed by atoms with E-state index in [0.29, 0.717) is 5.92 Å². The number of rotatable bonds is 5. The Kier molecular flexibility index (Phi) is 5.80. The molecule has 0 amide bonds. The van der Waals surface area contributed by atoms with Gasteiger partial charge < -0.3 is 5.32 Å². The first kappa shape index (κ1) is 16.5. The summed E-state index contributed by atoms with van der Waals surface area (Å²) >= 11 is 0. The molecule has 3 atom stereocenters. The molecule has 1 aliphatic carbocycles. The van der Waals surface area contributed by atoms with E-state index in [4.69, 9.17) is 0 Å². The third-order valence-electron chi connectivity index (χ3n) is 4.79. The number of benzene rings is 1. The highest BCUT2D eigenvalue weighted by atomic mass is 19.1. The molecule has 1 aromatic carbocycles. The lowest BCUT2D eigenvalue weighted by Crippen LogP contribution is -2.34. The molecule has 1 fully saturated rings. The van der Waals surface area contributed by atoms with Crippen LogP contribution in [0.25, 0.3) is 0 Å². The summed E-state index contributed by atoms with van der Waals surface area (Å²) in [6, 6.07) is 5.86. The van der Waals surface area contributed by atoms with Crippen LogP contribution in [0.2, 0.25) is 0 Å². The van der Waals surface area contributed by atoms with E-state index in [9.17, 15) is 4.39 Å². The maximum atomic E-state index is 14.4. The Labute approximate surface area is 129 Å². The number of halogens is 1. The molecule has 0 heterocycles. The van der Waals surface area contributed by atoms with Crippen molar-refractivity contribution in [2.45, 2.75) is 59.4 Å². The molecule has 0 aliphatic heterocycles. The van der Waals surface area contributed by atoms with Gasteiger partial charge in [0.25, 0.3) is 0 Å². The second-order valence-electron chi connectivity index (χ2n) is 7.13. The van der Waals surface area contributed by atoms with Crippen LogP contribution in [-0.2, 0) is 0 Å². The zero-order valence-corrected chi connectivity index (χ0v) is 14.0. The molecule has 118 valence electrons. The van der Waals surface area contributed by atoms with Crippen LogP contribution >= 0.6 is 0 Å². The quantitative estimate of drug-likeness (QED) is 0.781. The van der Waals surface area contributed by atoms with E-state index in [1.807, 2.05) is 19.1 Å². The van der Waals surface area contributed by atoms with Gasteiger partial charge in [-0.25, -0.2) is 4.39 Å². The number of nitrogens with one attached hydrogen (secondary N) is 1. The van der Waals surface area contributed by atoms with Crippen molar-refractivity contribution in [1.82, 2.24) is 5.32 Å². The van der Waals surface area contributed by atoms with Crippen LogP contribution in [0.15, 0.2) is 18.2 Å². The van der Waals surface area contributed by atoms with Gasteiger partial charge in [-0.15, -0.1) is 0 Å². The predicted molar refractivity (Wildman–Crippen MR) is 87.8 cm³/mol. The Morgan fingerprint density at radius 3 is 2.43 bits per heavy atom. The van der Waals surface area contributed by atoms with Gasteiger partial charge in [-0.2, -0.15) is 0 Å². The van der Waals surface area contributed by atoms with Crippen LogP contribution in [0.1, 0.15) is 63.6 Å². The molecule has 2 heteroatoms. The minimum Gasteiger partial charge on any atom is -0.310 e. The van der Waals surface area contributed by atoms with E-state index >= 15 is 0 Å². The molecular weight excluding hydrogens is 261 g/mol. The summed E-state index contributed by atoms with van der Waals surface area (Å²) < 4.78 is 14.4. The van der Waals surface area contributed by atoms with Crippen molar-refractivity contribution in [3.8, 4) is 0 Å². The Balaban J connectivity index is 2.24. The highest BCUT2D eigenvalue weighted by Gasteiger charge is 2.31. The van der Waals surface area contributed by atoms with E-state index < -0.39 is 0 Å². The van der Waals surface area contributed by atoms with Crippen LogP contribution in [0, 0.1) is 30.5 Å². The molecule has 2 rings (SSSR count). The number of hydrogen-bond acceptors (Lipinski definition) is 1. The molecule has 1 N–H and O–H groups in total. The monoisotopic (exact) mass is 291 g/mol. The largest absolute Gasteiger partial charge is 0.310 e. The first-order valence-electron chi connectivity index (χ1n) is 8.50. The summed E-state index contributed by atoms with van der Waals surface area (Å²) in [5.74, 6) is 2.00. The molecule has 0 aromatic heterocycles. The zero-order valence-electron chi connectivity index (χ0n) is 14.0. The molecule has 1 aromatic rings. The molecular formula is C19H30FN. The molecule has 0 radical (unpaired) electrons. The lowest BCUT2D eigenvalue weighted by Gasteiger charge is -2.37. The Bertz CT molecular complexity index is 447. The van der Waals surface area contributed by atoms with E-state index in [1.54, 1.807) is 6.07 Å². The van der Waals surface area contributed by atoms with Gasteiger partial charge in [0, 0.05) is 11.6 Å². The standard InChI is InChI=1S/C19H30FN/c1-5-8-21-19(16-10-14(3)9-15(4)11-16)17-7-6-13(2)12-18(17)20/h6-7,12,14-16,19,21H,5,8-11H2,1-4H3. The zero-order chi connectivity index (χ0) is 15.4. The first-order valence-corrected chi connectivity index (χ1v) is 8.50. The number of hydrogen-bond donors (Lipinski definition) is 1. The Morgan fingerprint density at radius 2 is 1.86 bits per heavy atom. The van der Waals surface area contributed by atoms with Crippen molar-refractivity contribution >= 4 is 0 Å². The van der Waals surface area contributed by atoms with E-state index in [0.717, 1.165) is 35.9 Å². The van der Waals surface area contributed by atoms with Gasteiger partial charge in [-0.1, -0.05) is 32.9 Å². The van der Waals surface area contributed by atoms with Gasteiger partial charge in [-0.05, 0) is 68.5 Å². The van der Waals surface area contributed by atoms with Gasteiger partial charge in [0.1, 0.15) is 5.82 Å². The van der Waals surface area contributed by atoms with E-state index in [1.165, 1.54) is 19.3 Å². The highest BCUT2D eigenvalue weighted by molar-refractivity contribution is 5.27. The molecule has 0 spiro atoms. The summed E-state index contributed by atoms with van der Waals surface area (Å²) in [5, 5.41) is 3.62. The van der Waals surface area contributed by atoms with Gasteiger partial charge in [0.05, 0.1) is 0 Å². The number of aryl methyl sites for hydroxylation is 1. The topological polar surface area (TPSA) is 12.0 Å². The molecule has 0 bridgehead atoms. The fourth-order valence-electron chi connectivity index (χ4n) is 4.00. The van der Waals surface area contributed by atoms with Crippen LogP contribution < -0.4 is 5.32 Å². The molecule has 1 nitrogen and oxygen atoms in total. The van der Waals surface area contributed by atoms with Gasteiger partial charge >= 0.3 is 0 Å². The van der Waals surface area contributed by atoms with E-state index in [2.05, 4.69) is 26.1 Å². The van der Waals surface area contributed by atoms with Crippen molar-refractivity contribution in [2.24, 2.45) is 17.8 Å². The van der Waals surface area contributed by atoms with Gasteiger partial charge in [-0.3, -0.25) is 0 Å². The normalized spacial score (nSPS) is 27.6.